The van der Waals surface area contributed by atoms with Crippen molar-refractivity contribution < 1.29 is 14.4 Å². The Morgan fingerprint density at radius 1 is 1.00 bits per heavy atom. The lowest BCUT2D eigenvalue weighted by Gasteiger charge is -2.26. The van der Waals surface area contributed by atoms with Crippen molar-refractivity contribution in [1.29, 1.82) is 0 Å². The van der Waals surface area contributed by atoms with E-state index in [4.69, 9.17) is 11.6 Å². The zero-order valence-corrected chi connectivity index (χ0v) is 19.9. The third-order valence-electron chi connectivity index (χ3n) is 5.38. The molecular formula is C24H19BrClN3O3. The van der Waals surface area contributed by atoms with E-state index in [1.807, 2.05) is 55.7 Å². The number of imide groups is 2. The number of barbiturate groups is 1. The molecule has 0 bridgehead atoms. The number of nitrogens with zero attached hydrogens (tertiary/aromatic N) is 2. The number of amides is 4. The predicted octanol–water partition coefficient (Wildman–Crippen LogP) is 5.48. The van der Waals surface area contributed by atoms with Gasteiger partial charge in [-0.05, 0) is 84.2 Å². The Morgan fingerprint density at radius 3 is 2.41 bits per heavy atom. The average molecular weight is 513 g/mol. The number of halogens is 2. The number of aromatic nitrogens is 1. The van der Waals surface area contributed by atoms with Gasteiger partial charge in [-0.15, -0.1) is 0 Å². The molecule has 162 valence electrons. The molecule has 0 atom stereocenters. The average Bonchev–Trinajstić information content (AvgIpc) is 3.01. The Balaban J connectivity index is 1.78. The van der Waals surface area contributed by atoms with Gasteiger partial charge in [0, 0.05) is 20.9 Å². The predicted molar refractivity (Wildman–Crippen MR) is 128 cm³/mol. The number of para-hydroxylation sites is 1. The molecule has 1 aliphatic rings. The number of rotatable bonds is 3. The van der Waals surface area contributed by atoms with E-state index < -0.39 is 17.8 Å². The minimum Gasteiger partial charge on any atom is -0.317 e. The first kappa shape index (κ1) is 22.0. The number of urea groups is 1. The minimum absolute atomic E-state index is 0.131. The summed E-state index contributed by atoms with van der Waals surface area (Å²) in [6.07, 6.45) is 1.52. The van der Waals surface area contributed by atoms with E-state index in [2.05, 4.69) is 21.2 Å². The second kappa shape index (κ2) is 8.41. The lowest BCUT2D eigenvalue weighted by atomic mass is 10.1. The fourth-order valence-corrected chi connectivity index (χ4v) is 4.34. The van der Waals surface area contributed by atoms with Crippen LogP contribution in [0.5, 0.6) is 0 Å². The summed E-state index contributed by atoms with van der Waals surface area (Å²) in [6.45, 7) is 5.67. The lowest BCUT2D eigenvalue weighted by Crippen LogP contribution is -2.54. The molecule has 1 fully saturated rings. The van der Waals surface area contributed by atoms with Crippen LogP contribution in [-0.2, 0) is 9.59 Å². The van der Waals surface area contributed by atoms with Crippen LogP contribution in [0.25, 0.3) is 11.8 Å². The molecule has 6 nitrogen and oxygen atoms in total. The molecule has 0 aliphatic carbocycles. The van der Waals surface area contributed by atoms with E-state index in [0.717, 1.165) is 32.0 Å². The van der Waals surface area contributed by atoms with E-state index in [-0.39, 0.29) is 5.57 Å². The van der Waals surface area contributed by atoms with Crippen molar-refractivity contribution in [3.8, 4) is 5.69 Å². The minimum atomic E-state index is -0.809. The van der Waals surface area contributed by atoms with Gasteiger partial charge in [0.05, 0.1) is 11.4 Å². The Kier molecular flexibility index (Phi) is 5.79. The first-order valence-corrected chi connectivity index (χ1v) is 11.0. The molecule has 1 saturated heterocycles. The summed E-state index contributed by atoms with van der Waals surface area (Å²) < 4.78 is 2.95. The molecule has 2 aromatic carbocycles. The number of carbonyl (C=O) groups is 3. The summed E-state index contributed by atoms with van der Waals surface area (Å²) in [5.74, 6) is -1.44. The maximum atomic E-state index is 13.2. The zero-order chi connectivity index (χ0) is 23.2. The van der Waals surface area contributed by atoms with Crippen molar-refractivity contribution in [3.05, 3.63) is 86.1 Å². The van der Waals surface area contributed by atoms with Crippen LogP contribution in [0, 0.1) is 20.8 Å². The highest BCUT2D eigenvalue weighted by Gasteiger charge is 2.37. The number of anilines is 1. The van der Waals surface area contributed by atoms with Crippen LogP contribution in [0.15, 0.2) is 58.6 Å². The largest absolute Gasteiger partial charge is 0.335 e. The first-order valence-electron chi connectivity index (χ1n) is 9.80. The molecule has 0 unspecified atom stereocenters. The molecule has 8 heteroatoms. The number of hydrogen-bond acceptors (Lipinski definition) is 3. The van der Waals surface area contributed by atoms with Gasteiger partial charge in [-0.1, -0.05) is 29.8 Å². The summed E-state index contributed by atoms with van der Waals surface area (Å²) in [4.78, 5) is 39.1. The van der Waals surface area contributed by atoms with Gasteiger partial charge in [0.25, 0.3) is 11.8 Å². The third kappa shape index (κ3) is 3.78. The Morgan fingerprint density at radius 2 is 1.72 bits per heavy atom. The van der Waals surface area contributed by atoms with Crippen LogP contribution >= 0.6 is 27.5 Å². The molecule has 0 saturated carbocycles. The number of aryl methyl sites for hydroxylation is 2. The Hall–Kier alpha value is -3.16. The number of hydrogen-bond donors (Lipinski definition) is 1. The molecule has 32 heavy (non-hydrogen) atoms. The quantitative estimate of drug-likeness (QED) is 0.373. The smallest absolute Gasteiger partial charge is 0.317 e. The summed E-state index contributed by atoms with van der Waals surface area (Å²) >= 11 is 9.75. The van der Waals surface area contributed by atoms with Crippen LogP contribution in [0.2, 0.25) is 5.02 Å². The molecule has 4 rings (SSSR count). The van der Waals surface area contributed by atoms with Gasteiger partial charge in [-0.2, -0.15) is 0 Å². The van der Waals surface area contributed by atoms with Crippen molar-refractivity contribution in [3.63, 3.8) is 0 Å². The third-order valence-corrected chi connectivity index (χ3v) is 6.46. The molecule has 1 aromatic heterocycles. The standard InChI is InChI=1S/C24H19BrClN3O3/c1-13-8-9-17(12-20(13)26)29-23(31)18(22(30)27-24(29)32)11-16-10-14(2)28(15(16)3)21-7-5-4-6-19(21)25/h4-12H,1-3H3,(H,27,30,32)/b18-11-. The summed E-state index contributed by atoms with van der Waals surface area (Å²) in [7, 11) is 0. The first-order chi connectivity index (χ1) is 15.2. The number of benzene rings is 2. The van der Waals surface area contributed by atoms with Crippen LogP contribution < -0.4 is 10.2 Å². The molecule has 2 heterocycles. The number of carbonyl (C=O) groups excluding carboxylic acids is 3. The highest BCUT2D eigenvalue weighted by molar-refractivity contribution is 9.10. The van der Waals surface area contributed by atoms with Crippen LogP contribution in [-0.4, -0.2) is 22.4 Å². The maximum absolute atomic E-state index is 13.2. The monoisotopic (exact) mass is 511 g/mol. The number of nitrogens with one attached hydrogen (secondary N) is 1. The highest BCUT2D eigenvalue weighted by atomic mass is 79.9. The Labute approximate surface area is 198 Å². The molecule has 0 spiro atoms. The second-order valence-corrected chi connectivity index (χ2v) is 8.77. The zero-order valence-electron chi connectivity index (χ0n) is 17.6. The molecule has 0 radical (unpaired) electrons. The fraction of sp³-hybridized carbons (Fsp3) is 0.125. The maximum Gasteiger partial charge on any atom is 0.335 e. The van der Waals surface area contributed by atoms with E-state index in [0.29, 0.717) is 16.3 Å². The normalized spacial score (nSPS) is 15.5. The van der Waals surface area contributed by atoms with E-state index in [1.165, 1.54) is 12.1 Å². The molecule has 1 N–H and O–H groups in total. The lowest BCUT2D eigenvalue weighted by molar-refractivity contribution is -0.122. The van der Waals surface area contributed by atoms with E-state index in [1.54, 1.807) is 12.1 Å². The SMILES string of the molecule is Cc1ccc(N2C(=O)NC(=O)/C(=C/c3cc(C)n(-c4ccccc4Br)c3C)C2=O)cc1Cl. The van der Waals surface area contributed by atoms with Crippen LogP contribution in [0.3, 0.4) is 0 Å². The van der Waals surface area contributed by atoms with Crippen molar-refractivity contribution in [1.82, 2.24) is 9.88 Å². The van der Waals surface area contributed by atoms with E-state index in [9.17, 15) is 14.4 Å². The van der Waals surface area contributed by atoms with Crippen molar-refractivity contribution in [2.75, 3.05) is 4.90 Å². The van der Waals surface area contributed by atoms with Gasteiger partial charge in [-0.25, -0.2) is 9.69 Å². The van der Waals surface area contributed by atoms with Gasteiger partial charge in [0.2, 0.25) is 0 Å². The van der Waals surface area contributed by atoms with Crippen molar-refractivity contribution in [2.45, 2.75) is 20.8 Å². The van der Waals surface area contributed by atoms with Crippen molar-refractivity contribution >= 4 is 57.1 Å². The van der Waals surface area contributed by atoms with E-state index >= 15 is 0 Å². The van der Waals surface area contributed by atoms with Crippen LogP contribution in [0.4, 0.5) is 10.5 Å². The Bertz CT molecular complexity index is 1330. The summed E-state index contributed by atoms with van der Waals surface area (Å²) in [5, 5.41) is 2.66. The van der Waals surface area contributed by atoms with Gasteiger partial charge < -0.3 is 4.57 Å². The molecule has 1 aliphatic heterocycles. The summed E-state index contributed by atoms with van der Waals surface area (Å²) in [6, 6.07) is 13.7. The second-order valence-electron chi connectivity index (χ2n) is 7.50. The van der Waals surface area contributed by atoms with Crippen molar-refractivity contribution in [2.24, 2.45) is 0 Å². The highest BCUT2D eigenvalue weighted by Crippen LogP contribution is 2.30. The molecule has 3 aromatic rings. The molecular weight excluding hydrogens is 494 g/mol. The summed E-state index contributed by atoms with van der Waals surface area (Å²) in [5.41, 5.74) is 4.40. The van der Waals surface area contributed by atoms with Gasteiger partial charge in [0.1, 0.15) is 5.57 Å². The van der Waals surface area contributed by atoms with Gasteiger partial charge >= 0.3 is 6.03 Å². The van der Waals surface area contributed by atoms with Gasteiger partial charge in [0.15, 0.2) is 0 Å². The van der Waals surface area contributed by atoms with Gasteiger partial charge in [-0.3, -0.25) is 14.9 Å². The topological polar surface area (TPSA) is 71.4 Å². The fourth-order valence-electron chi connectivity index (χ4n) is 3.71. The van der Waals surface area contributed by atoms with Crippen LogP contribution in [0.1, 0.15) is 22.5 Å². The molecule has 4 amide bonds.